The van der Waals surface area contributed by atoms with E-state index < -0.39 is 0 Å². The molecular formula is C20H22FNO2. The molecule has 0 N–H and O–H groups in total. The van der Waals surface area contributed by atoms with Gasteiger partial charge in [0.1, 0.15) is 11.6 Å². The van der Waals surface area contributed by atoms with E-state index in [0.717, 1.165) is 24.2 Å². The molecule has 0 radical (unpaired) electrons. The Balaban J connectivity index is 1.77. The topological polar surface area (TPSA) is 29.5 Å². The Morgan fingerprint density at radius 3 is 2.46 bits per heavy atom. The second-order valence-corrected chi connectivity index (χ2v) is 6.25. The van der Waals surface area contributed by atoms with E-state index in [9.17, 15) is 9.18 Å². The molecule has 3 rings (SSSR count). The molecule has 3 nitrogen and oxygen atoms in total. The lowest BCUT2D eigenvalue weighted by molar-refractivity contribution is -0.133. The maximum absolute atomic E-state index is 14.1. The highest BCUT2D eigenvalue weighted by atomic mass is 19.1. The number of halogens is 1. The van der Waals surface area contributed by atoms with E-state index in [1.165, 1.54) is 6.07 Å². The van der Waals surface area contributed by atoms with Crippen LogP contribution in [-0.2, 0) is 11.2 Å². The van der Waals surface area contributed by atoms with Crippen molar-refractivity contribution in [2.24, 2.45) is 0 Å². The van der Waals surface area contributed by atoms with Gasteiger partial charge in [0.05, 0.1) is 19.6 Å². The molecule has 1 saturated carbocycles. The van der Waals surface area contributed by atoms with Crippen LogP contribution in [0, 0.1) is 5.82 Å². The molecule has 1 aliphatic rings. The number of hydrogen-bond acceptors (Lipinski definition) is 2. The number of carbonyl (C=O) groups excluding carboxylic acids is 1. The molecule has 1 fully saturated rings. The molecule has 0 saturated heterocycles. The third kappa shape index (κ3) is 3.58. The van der Waals surface area contributed by atoms with Crippen LogP contribution in [0.25, 0.3) is 0 Å². The maximum Gasteiger partial charge on any atom is 0.227 e. The fraction of sp³-hybridized carbons (Fsp3) is 0.350. The van der Waals surface area contributed by atoms with Crippen LogP contribution in [0.15, 0.2) is 48.5 Å². The summed E-state index contributed by atoms with van der Waals surface area (Å²) in [5, 5.41) is 0. The van der Waals surface area contributed by atoms with Gasteiger partial charge in [0.25, 0.3) is 0 Å². The summed E-state index contributed by atoms with van der Waals surface area (Å²) in [5.41, 5.74) is 1.51. The number of methoxy groups -OCH3 is 1. The molecule has 2 aromatic rings. The van der Waals surface area contributed by atoms with Crippen molar-refractivity contribution in [3.8, 4) is 5.75 Å². The predicted octanol–water partition coefficient (Wildman–Crippen LogP) is 4.13. The molecule has 0 aliphatic heterocycles. The first kappa shape index (κ1) is 16.5. The van der Waals surface area contributed by atoms with Crippen molar-refractivity contribution in [1.82, 2.24) is 4.90 Å². The minimum atomic E-state index is -0.260. The largest absolute Gasteiger partial charge is 0.497 e. The molecule has 1 amide bonds. The molecular weight excluding hydrogens is 305 g/mol. The highest BCUT2D eigenvalue weighted by Gasteiger charge is 2.36. The van der Waals surface area contributed by atoms with Gasteiger partial charge in [0.2, 0.25) is 5.91 Å². The molecule has 2 aromatic carbocycles. The molecule has 24 heavy (non-hydrogen) atoms. The SMILES string of the molecule is COc1ccc(CC(=O)N(C2CC2)C(C)c2ccccc2F)cc1. The van der Waals surface area contributed by atoms with Gasteiger partial charge in [-0.25, -0.2) is 4.39 Å². The number of amides is 1. The number of benzene rings is 2. The van der Waals surface area contributed by atoms with Gasteiger partial charge in [0.15, 0.2) is 0 Å². The Morgan fingerprint density at radius 2 is 1.88 bits per heavy atom. The third-order valence-electron chi connectivity index (χ3n) is 4.52. The van der Waals surface area contributed by atoms with Crippen LogP contribution < -0.4 is 4.74 Å². The quantitative estimate of drug-likeness (QED) is 0.798. The van der Waals surface area contributed by atoms with Gasteiger partial charge in [-0.05, 0) is 43.5 Å². The fourth-order valence-electron chi connectivity index (χ4n) is 3.06. The molecule has 0 aromatic heterocycles. The van der Waals surface area contributed by atoms with Crippen LogP contribution in [0.1, 0.15) is 36.9 Å². The normalized spacial score (nSPS) is 15.0. The summed E-state index contributed by atoms with van der Waals surface area (Å²) >= 11 is 0. The average Bonchev–Trinajstić information content (AvgIpc) is 3.41. The van der Waals surface area contributed by atoms with Crippen molar-refractivity contribution in [2.45, 2.75) is 38.3 Å². The van der Waals surface area contributed by atoms with Gasteiger partial charge >= 0.3 is 0 Å². The number of rotatable bonds is 6. The first-order valence-corrected chi connectivity index (χ1v) is 8.28. The summed E-state index contributed by atoms with van der Waals surface area (Å²) < 4.78 is 19.2. The zero-order valence-electron chi connectivity index (χ0n) is 14.0. The zero-order chi connectivity index (χ0) is 17.1. The molecule has 0 heterocycles. The first-order valence-electron chi connectivity index (χ1n) is 8.28. The van der Waals surface area contributed by atoms with Gasteiger partial charge in [-0.1, -0.05) is 30.3 Å². The Morgan fingerprint density at radius 1 is 1.21 bits per heavy atom. The van der Waals surface area contributed by atoms with Crippen LogP contribution in [0.2, 0.25) is 0 Å². The molecule has 1 unspecified atom stereocenters. The molecule has 0 bridgehead atoms. The van der Waals surface area contributed by atoms with Crippen LogP contribution in [0.3, 0.4) is 0 Å². The second kappa shape index (κ2) is 7.04. The zero-order valence-corrected chi connectivity index (χ0v) is 14.0. The van der Waals surface area contributed by atoms with Crippen LogP contribution in [0.5, 0.6) is 5.75 Å². The van der Waals surface area contributed by atoms with Gasteiger partial charge in [-0.2, -0.15) is 0 Å². The van der Waals surface area contributed by atoms with E-state index >= 15 is 0 Å². The van der Waals surface area contributed by atoms with Crippen LogP contribution in [0.4, 0.5) is 4.39 Å². The Labute approximate surface area is 142 Å². The summed E-state index contributed by atoms with van der Waals surface area (Å²) in [4.78, 5) is 14.7. The van der Waals surface area contributed by atoms with Crippen molar-refractivity contribution >= 4 is 5.91 Å². The lowest BCUT2D eigenvalue weighted by Crippen LogP contribution is -2.37. The lowest BCUT2D eigenvalue weighted by Gasteiger charge is -2.30. The van der Waals surface area contributed by atoms with E-state index in [1.807, 2.05) is 42.2 Å². The Bertz CT molecular complexity index is 710. The summed E-state index contributed by atoms with van der Waals surface area (Å²) in [6, 6.07) is 14.2. The number of hydrogen-bond donors (Lipinski definition) is 0. The first-order chi connectivity index (χ1) is 11.6. The highest BCUT2D eigenvalue weighted by molar-refractivity contribution is 5.80. The van der Waals surface area contributed by atoms with Crippen molar-refractivity contribution < 1.29 is 13.9 Å². The summed E-state index contributed by atoms with van der Waals surface area (Å²) in [6.07, 6.45) is 2.31. The molecule has 1 atom stereocenters. The van der Waals surface area contributed by atoms with Gasteiger partial charge in [0, 0.05) is 11.6 Å². The predicted molar refractivity (Wildman–Crippen MR) is 91.4 cm³/mol. The minimum Gasteiger partial charge on any atom is -0.497 e. The number of nitrogens with zero attached hydrogens (tertiary/aromatic N) is 1. The smallest absolute Gasteiger partial charge is 0.227 e. The third-order valence-corrected chi connectivity index (χ3v) is 4.52. The standard InChI is InChI=1S/C20H22FNO2/c1-14(18-5-3-4-6-19(18)21)22(16-9-10-16)20(23)13-15-7-11-17(24-2)12-8-15/h3-8,11-12,14,16H,9-10,13H2,1-2H3. The van der Waals surface area contributed by atoms with E-state index in [0.29, 0.717) is 12.0 Å². The number of carbonyl (C=O) groups is 1. The minimum absolute atomic E-state index is 0.0402. The Kier molecular flexibility index (Phi) is 4.84. The average molecular weight is 327 g/mol. The van der Waals surface area contributed by atoms with Crippen molar-refractivity contribution in [1.29, 1.82) is 0 Å². The molecule has 4 heteroatoms. The molecule has 1 aliphatic carbocycles. The van der Waals surface area contributed by atoms with Crippen LogP contribution in [-0.4, -0.2) is 24.0 Å². The van der Waals surface area contributed by atoms with E-state index in [-0.39, 0.29) is 23.8 Å². The lowest BCUT2D eigenvalue weighted by atomic mass is 10.0. The van der Waals surface area contributed by atoms with E-state index in [2.05, 4.69) is 0 Å². The monoisotopic (exact) mass is 327 g/mol. The molecule has 0 spiro atoms. The fourth-order valence-corrected chi connectivity index (χ4v) is 3.06. The van der Waals surface area contributed by atoms with Crippen LogP contribution >= 0.6 is 0 Å². The number of ether oxygens (including phenoxy) is 1. The van der Waals surface area contributed by atoms with Gasteiger partial charge in [-0.15, -0.1) is 0 Å². The summed E-state index contributed by atoms with van der Waals surface area (Å²) in [5.74, 6) is 0.552. The van der Waals surface area contributed by atoms with E-state index in [4.69, 9.17) is 4.74 Å². The van der Waals surface area contributed by atoms with Gasteiger partial charge in [-0.3, -0.25) is 4.79 Å². The maximum atomic E-state index is 14.1. The van der Waals surface area contributed by atoms with Crippen molar-refractivity contribution in [3.05, 3.63) is 65.5 Å². The van der Waals surface area contributed by atoms with Gasteiger partial charge < -0.3 is 9.64 Å². The highest BCUT2D eigenvalue weighted by Crippen LogP contribution is 2.35. The van der Waals surface area contributed by atoms with Crippen molar-refractivity contribution in [2.75, 3.05) is 7.11 Å². The summed E-state index contributed by atoms with van der Waals surface area (Å²) in [7, 11) is 1.62. The molecule has 126 valence electrons. The van der Waals surface area contributed by atoms with E-state index in [1.54, 1.807) is 19.2 Å². The summed E-state index contributed by atoms with van der Waals surface area (Å²) in [6.45, 7) is 1.91. The second-order valence-electron chi connectivity index (χ2n) is 6.25. The van der Waals surface area contributed by atoms with Crippen molar-refractivity contribution in [3.63, 3.8) is 0 Å². The Hall–Kier alpha value is -2.36.